The van der Waals surface area contributed by atoms with Crippen molar-refractivity contribution in [2.24, 2.45) is 5.41 Å². The molecule has 1 rings (SSSR count). The maximum Gasteiger partial charge on any atom is 0.324 e. The number of esters is 2. The third-order valence-electron chi connectivity index (χ3n) is 4.03. The van der Waals surface area contributed by atoms with Crippen LogP contribution in [0.5, 0.6) is 0 Å². The van der Waals surface area contributed by atoms with Gasteiger partial charge in [0, 0.05) is 0 Å². The summed E-state index contributed by atoms with van der Waals surface area (Å²) in [7, 11) is 0. The molecule has 0 unspecified atom stereocenters. The summed E-state index contributed by atoms with van der Waals surface area (Å²) >= 11 is 0. The van der Waals surface area contributed by atoms with Crippen molar-refractivity contribution in [3.05, 3.63) is 72.9 Å². The van der Waals surface area contributed by atoms with Crippen molar-refractivity contribution in [3.8, 4) is 0 Å². The number of hydrogen-bond donors (Lipinski definition) is 0. The van der Waals surface area contributed by atoms with Gasteiger partial charge in [-0.25, -0.2) is 0 Å². The van der Waals surface area contributed by atoms with Gasteiger partial charge in [-0.15, -0.1) is 0 Å². The van der Waals surface area contributed by atoms with Gasteiger partial charge in [-0.05, 0) is 32.3 Å². The second kappa shape index (κ2) is 13.5. The molecule has 0 saturated carbocycles. The second-order valence-electron chi connectivity index (χ2n) is 6.07. The van der Waals surface area contributed by atoms with E-state index in [9.17, 15) is 9.59 Å². The first-order valence-electron chi connectivity index (χ1n) is 9.49. The van der Waals surface area contributed by atoms with Crippen molar-refractivity contribution in [2.75, 3.05) is 19.8 Å². The molecule has 0 bridgehead atoms. The lowest BCUT2D eigenvalue weighted by Gasteiger charge is -2.27. The summed E-state index contributed by atoms with van der Waals surface area (Å²) in [6.45, 7) is 8.28. The van der Waals surface area contributed by atoms with E-state index < -0.39 is 17.4 Å². The van der Waals surface area contributed by atoms with Gasteiger partial charge >= 0.3 is 11.9 Å². The fraction of sp³-hybridized carbons (Fsp3) is 0.391. The van der Waals surface area contributed by atoms with Gasteiger partial charge in [0.2, 0.25) is 0 Å². The largest absolute Gasteiger partial charge is 0.465 e. The highest BCUT2D eigenvalue weighted by atomic mass is 16.6. The molecule has 0 amide bonds. The number of allylic oxidation sites excluding steroid dienone is 4. The maximum atomic E-state index is 12.6. The average molecular weight is 386 g/mol. The molecule has 0 aliphatic heterocycles. The summed E-state index contributed by atoms with van der Waals surface area (Å²) < 4.78 is 16.0. The molecule has 0 spiro atoms. The zero-order chi connectivity index (χ0) is 20.7. The first-order chi connectivity index (χ1) is 13.6. The summed E-state index contributed by atoms with van der Waals surface area (Å²) in [4.78, 5) is 25.3. The van der Waals surface area contributed by atoms with Crippen molar-refractivity contribution in [1.82, 2.24) is 0 Å². The third kappa shape index (κ3) is 7.53. The summed E-state index contributed by atoms with van der Waals surface area (Å²) in [6, 6.07) is 9.84. The number of hydrogen-bond acceptors (Lipinski definition) is 5. The van der Waals surface area contributed by atoms with Crippen LogP contribution in [0.15, 0.2) is 67.3 Å². The van der Waals surface area contributed by atoms with E-state index in [1.54, 1.807) is 44.2 Å². The van der Waals surface area contributed by atoms with Crippen molar-refractivity contribution >= 4 is 11.9 Å². The molecule has 0 heterocycles. The monoisotopic (exact) mass is 386 g/mol. The number of carbonyl (C=O) groups excluding carboxylic acids is 2. The Balaban J connectivity index is 2.80. The highest BCUT2D eigenvalue weighted by Crippen LogP contribution is 2.32. The van der Waals surface area contributed by atoms with E-state index in [1.165, 1.54) is 0 Å². The zero-order valence-electron chi connectivity index (χ0n) is 16.8. The molecule has 0 aromatic heterocycles. The first-order valence-corrected chi connectivity index (χ1v) is 9.49. The van der Waals surface area contributed by atoms with Gasteiger partial charge < -0.3 is 14.2 Å². The molecule has 28 heavy (non-hydrogen) atoms. The van der Waals surface area contributed by atoms with Gasteiger partial charge in [0.05, 0.1) is 26.4 Å². The zero-order valence-corrected chi connectivity index (χ0v) is 16.8. The van der Waals surface area contributed by atoms with Gasteiger partial charge in [-0.1, -0.05) is 67.3 Å². The summed E-state index contributed by atoms with van der Waals surface area (Å²) in [5, 5.41) is 0. The Labute approximate surface area is 167 Å². The molecule has 5 heteroatoms. The number of benzene rings is 1. The normalized spacial score (nSPS) is 11.6. The van der Waals surface area contributed by atoms with Crippen LogP contribution in [0.25, 0.3) is 0 Å². The maximum absolute atomic E-state index is 12.6. The fourth-order valence-corrected chi connectivity index (χ4v) is 2.58. The van der Waals surface area contributed by atoms with Crippen LogP contribution < -0.4 is 0 Å². The minimum Gasteiger partial charge on any atom is -0.465 e. The highest BCUT2D eigenvalue weighted by Gasteiger charge is 2.47. The van der Waals surface area contributed by atoms with Crippen LogP contribution in [0, 0.1) is 5.41 Å². The van der Waals surface area contributed by atoms with E-state index in [0.717, 1.165) is 5.56 Å². The topological polar surface area (TPSA) is 61.8 Å². The molecule has 0 radical (unpaired) electrons. The Morgan fingerprint density at radius 2 is 1.57 bits per heavy atom. The number of ether oxygens (including phenoxy) is 3. The molecule has 0 saturated heterocycles. The molecular weight excluding hydrogens is 356 g/mol. The molecule has 1 aromatic carbocycles. The van der Waals surface area contributed by atoms with Gasteiger partial charge in [0.15, 0.2) is 5.41 Å². The fourth-order valence-electron chi connectivity index (χ4n) is 2.58. The molecule has 0 fully saturated rings. The van der Waals surface area contributed by atoms with Gasteiger partial charge in [-0.3, -0.25) is 9.59 Å². The van der Waals surface area contributed by atoms with E-state index in [2.05, 4.69) is 6.58 Å². The minimum atomic E-state index is -1.42. The van der Waals surface area contributed by atoms with Crippen molar-refractivity contribution < 1.29 is 23.8 Å². The lowest BCUT2D eigenvalue weighted by atomic mass is 9.80. The van der Waals surface area contributed by atoms with Crippen LogP contribution in [0.1, 0.15) is 32.3 Å². The quantitative estimate of drug-likeness (QED) is 0.165. The highest BCUT2D eigenvalue weighted by molar-refractivity contribution is 6.00. The lowest BCUT2D eigenvalue weighted by Crippen LogP contribution is -2.41. The standard InChI is InChI=1S/C23H30O5/c1-4-7-11-16-23(21(24)27-5-2,22(25)28-6-3)17-12-13-18-26-19-20-14-9-8-10-15-20/h4,7-15H,1,5-6,16-19H2,2-3H3/b11-7+,13-12+. The minimum absolute atomic E-state index is 0.168. The average Bonchev–Trinajstić information content (AvgIpc) is 2.70. The Hall–Kier alpha value is -2.66. The van der Waals surface area contributed by atoms with Crippen molar-refractivity contribution in [1.29, 1.82) is 0 Å². The first kappa shape index (κ1) is 23.4. The van der Waals surface area contributed by atoms with Gasteiger partial charge in [-0.2, -0.15) is 0 Å². The molecule has 0 atom stereocenters. The Kier molecular flexibility index (Phi) is 11.3. The third-order valence-corrected chi connectivity index (χ3v) is 4.03. The van der Waals surface area contributed by atoms with Crippen LogP contribution in [0.4, 0.5) is 0 Å². The van der Waals surface area contributed by atoms with E-state index in [-0.39, 0.29) is 26.1 Å². The summed E-state index contributed by atoms with van der Waals surface area (Å²) in [5.74, 6) is -1.17. The molecule has 0 N–H and O–H groups in total. The van der Waals surface area contributed by atoms with E-state index in [0.29, 0.717) is 13.2 Å². The molecule has 0 aliphatic carbocycles. The van der Waals surface area contributed by atoms with Gasteiger partial charge in [0.25, 0.3) is 0 Å². The Morgan fingerprint density at radius 1 is 0.964 bits per heavy atom. The Bertz CT molecular complexity index is 643. The molecule has 152 valence electrons. The van der Waals surface area contributed by atoms with Crippen LogP contribution in [-0.4, -0.2) is 31.8 Å². The molecule has 0 aliphatic rings. The van der Waals surface area contributed by atoms with Crippen LogP contribution in [0.3, 0.4) is 0 Å². The predicted octanol–water partition coefficient (Wildman–Crippen LogP) is 4.39. The second-order valence-corrected chi connectivity index (χ2v) is 6.07. The smallest absolute Gasteiger partial charge is 0.324 e. The predicted molar refractivity (Wildman–Crippen MR) is 110 cm³/mol. The number of rotatable bonds is 13. The van der Waals surface area contributed by atoms with Crippen LogP contribution in [-0.2, 0) is 30.4 Å². The van der Waals surface area contributed by atoms with E-state index in [4.69, 9.17) is 14.2 Å². The lowest BCUT2D eigenvalue weighted by molar-refractivity contribution is -0.171. The van der Waals surface area contributed by atoms with Crippen molar-refractivity contribution in [3.63, 3.8) is 0 Å². The van der Waals surface area contributed by atoms with Gasteiger partial charge in [0.1, 0.15) is 0 Å². The van der Waals surface area contributed by atoms with Crippen LogP contribution in [0.2, 0.25) is 0 Å². The summed E-state index contributed by atoms with van der Waals surface area (Å²) in [6.07, 6.45) is 8.91. The van der Waals surface area contributed by atoms with Crippen LogP contribution >= 0.6 is 0 Å². The van der Waals surface area contributed by atoms with E-state index in [1.807, 2.05) is 30.3 Å². The molecule has 5 nitrogen and oxygen atoms in total. The van der Waals surface area contributed by atoms with Crippen molar-refractivity contribution in [2.45, 2.75) is 33.3 Å². The number of carbonyl (C=O) groups is 2. The van der Waals surface area contributed by atoms with E-state index >= 15 is 0 Å². The summed E-state index contributed by atoms with van der Waals surface area (Å²) in [5.41, 5.74) is -0.334. The molecule has 1 aromatic rings. The Morgan fingerprint density at radius 3 is 2.14 bits per heavy atom. The molecular formula is C23H30O5. The SMILES string of the molecule is C=C/C=C/CC(C/C=C/COCc1ccccc1)(C(=O)OCC)C(=O)OCC.